The predicted molar refractivity (Wildman–Crippen MR) is 78.7 cm³/mol. The molecule has 2 aromatic rings. The zero-order valence-electron chi connectivity index (χ0n) is 11.1. The molecular formula is C14H17N3OS. The van der Waals surface area contributed by atoms with Gasteiger partial charge in [-0.1, -0.05) is 18.2 Å². The minimum Gasteiger partial charge on any atom is -0.330 e. The van der Waals surface area contributed by atoms with Crippen LogP contribution in [0.1, 0.15) is 25.9 Å². The Morgan fingerprint density at radius 1 is 1.37 bits per heavy atom. The van der Waals surface area contributed by atoms with Crippen molar-refractivity contribution in [1.29, 1.82) is 0 Å². The summed E-state index contributed by atoms with van der Waals surface area (Å²) in [4.78, 5) is 17.3. The number of nitrogens with one attached hydrogen (secondary N) is 1. The Morgan fingerprint density at radius 2 is 2.11 bits per heavy atom. The van der Waals surface area contributed by atoms with Crippen LogP contribution in [0, 0.1) is 13.8 Å². The third-order valence-electron chi connectivity index (χ3n) is 2.80. The molecule has 4 nitrogen and oxygen atoms in total. The first-order valence-corrected chi connectivity index (χ1v) is 6.97. The van der Waals surface area contributed by atoms with Crippen LogP contribution in [0.5, 0.6) is 0 Å². The van der Waals surface area contributed by atoms with Crippen molar-refractivity contribution in [2.75, 3.05) is 11.9 Å². The topological polar surface area (TPSA) is 68.0 Å². The number of para-hydroxylation sites is 1. The highest BCUT2D eigenvalue weighted by molar-refractivity contribution is 7.13. The van der Waals surface area contributed by atoms with Crippen molar-refractivity contribution in [2.24, 2.45) is 5.73 Å². The van der Waals surface area contributed by atoms with Crippen LogP contribution in [-0.4, -0.2) is 17.4 Å². The lowest BCUT2D eigenvalue weighted by Crippen LogP contribution is -2.12. The van der Waals surface area contributed by atoms with Crippen molar-refractivity contribution in [3.63, 3.8) is 0 Å². The Hall–Kier alpha value is -1.72. The van der Waals surface area contributed by atoms with E-state index >= 15 is 0 Å². The first kappa shape index (κ1) is 13.7. The van der Waals surface area contributed by atoms with Crippen molar-refractivity contribution < 1.29 is 4.79 Å². The van der Waals surface area contributed by atoms with Gasteiger partial charge in [0.15, 0.2) is 0 Å². The molecule has 1 heterocycles. The van der Waals surface area contributed by atoms with E-state index in [1.165, 1.54) is 11.3 Å². The molecule has 1 amide bonds. The number of carbonyl (C=O) groups excluding carboxylic acids is 1. The fourth-order valence-electron chi connectivity index (χ4n) is 1.79. The van der Waals surface area contributed by atoms with Crippen molar-refractivity contribution in [3.8, 4) is 0 Å². The molecule has 2 rings (SSSR count). The second kappa shape index (κ2) is 5.95. The van der Waals surface area contributed by atoms with Gasteiger partial charge in [-0.3, -0.25) is 4.79 Å². The largest absolute Gasteiger partial charge is 0.330 e. The Kier molecular flexibility index (Phi) is 4.29. The van der Waals surface area contributed by atoms with Gasteiger partial charge in [0.25, 0.3) is 5.91 Å². The molecule has 0 unspecified atom stereocenters. The summed E-state index contributed by atoms with van der Waals surface area (Å²) in [6, 6.07) is 7.71. The van der Waals surface area contributed by atoms with Gasteiger partial charge in [-0.2, -0.15) is 0 Å². The molecule has 0 bridgehead atoms. The van der Waals surface area contributed by atoms with Gasteiger partial charge in [-0.25, -0.2) is 4.98 Å². The van der Waals surface area contributed by atoms with Gasteiger partial charge < -0.3 is 11.1 Å². The molecular weight excluding hydrogens is 258 g/mol. The first-order valence-electron chi connectivity index (χ1n) is 6.15. The van der Waals surface area contributed by atoms with Crippen LogP contribution < -0.4 is 11.1 Å². The number of anilines is 1. The summed E-state index contributed by atoms with van der Waals surface area (Å²) in [6.45, 7) is 4.37. The molecule has 0 saturated carbocycles. The number of thiazole rings is 1. The summed E-state index contributed by atoms with van der Waals surface area (Å²) < 4.78 is 0. The van der Waals surface area contributed by atoms with Crippen LogP contribution in [0.2, 0.25) is 0 Å². The lowest BCUT2D eigenvalue weighted by molar-refractivity contribution is 0.102. The molecule has 0 saturated heterocycles. The fraction of sp³-hybridized carbons (Fsp3) is 0.286. The van der Waals surface area contributed by atoms with Gasteiger partial charge in [0.05, 0.1) is 10.7 Å². The van der Waals surface area contributed by atoms with Gasteiger partial charge >= 0.3 is 0 Å². The number of rotatable bonds is 4. The summed E-state index contributed by atoms with van der Waals surface area (Å²) >= 11 is 1.41. The molecule has 0 aliphatic carbocycles. The van der Waals surface area contributed by atoms with E-state index < -0.39 is 0 Å². The normalized spacial score (nSPS) is 10.5. The molecule has 0 aliphatic heterocycles. The molecule has 1 aromatic heterocycles. The standard InChI is InChI=1S/C14H17N3OS/c1-9-5-3-4-6-11(9)17-14(18)13-10(2)16-12(19-13)7-8-15/h3-6H,7-8,15H2,1-2H3,(H,17,18). The SMILES string of the molecule is Cc1ccccc1NC(=O)c1sc(CCN)nc1C. The highest BCUT2D eigenvalue weighted by Gasteiger charge is 2.15. The first-order chi connectivity index (χ1) is 9.11. The van der Waals surface area contributed by atoms with Gasteiger partial charge in [0.2, 0.25) is 0 Å². The van der Waals surface area contributed by atoms with Gasteiger partial charge in [-0.15, -0.1) is 11.3 Å². The van der Waals surface area contributed by atoms with Gasteiger partial charge in [0, 0.05) is 12.1 Å². The summed E-state index contributed by atoms with van der Waals surface area (Å²) in [5.41, 5.74) is 8.14. The second-order valence-corrected chi connectivity index (χ2v) is 5.41. The van der Waals surface area contributed by atoms with Gasteiger partial charge in [-0.05, 0) is 32.0 Å². The smallest absolute Gasteiger partial charge is 0.267 e. The average molecular weight is 275 g/mol. The minimum atomic E-state index is -0.104. The Morgan fingerprint density at radius 3 is 2.79 bits per heavy atom. The summed E-state index contributed by atoms with van der Waals surface area (Å²) in [5, 5.41) is 3.83. The molecule has 100 valence electrons. The monoisotopic (exact) mass is 275 g/mol. The highest BCUT2D eigenvalue weighted by Crippen LogP contribution is 2.21. The van der Waals surface area contributed by atoms with E-state index in [2.05, 4.69) is 10.3 Å². The van der Waals surface area contributed by atoms with Crippen LogP contribution in [0.15, 0.2) is 24.3 Å². The maximum atomic E-state index is 12.2. The van der Waals surface area contributed by atoms with Crippen LogP contribution in [0.4, 0.5) is 5.69 Å². The zero-order chi connectivity index (χ0) is 13.8. The maximum absolute atomic E-state index is 12.2. The molecule has 0 spiro atoms. The number of benzene rings is 1. The number of aryl methyl sites for hydroxylation is 2. The van der Waals surface area contributed by atoms with Crippen molar-refractivity contribution in [2.45, 2.75) is 20.3 Å². The molecule has 0 radical (unpaired) electrons. The van der Waals surface area contributed by atoms with E-state index in [0.29, 0.717) is 17.8 Å². The molecule has 1 aromatic carbocycles. The molecule has 0 atom stereocenters. The van der Waals surface area contributed by atoms with Crippen molar-refractivity contribution in [1.82, 2.24) is 4.98 Å². The Labute approximate surface area is 116 Å². The van der Waals surface area contributed by atoms with Gasteiger partial charge in [0.1, 0.15) is 4.88 Å². The highest BCUT2D eigenvalue weighted by atomic mass is 32.1. The molecule has 5 heteroatoms. The van der Waals surface area contributed by atoms with E-state index in [0.717, 1.165) is 22.0 Å². The number of amides is 1. The third kappa shape index (κ3) is 3.19. The molecule has 3 N–H and O–H groups in total. The van der Waals surface area contributed by atoms with E-state index in [-0.39, 0.29) is 5.91 Å². The Balaban J connectivity index is 2.18. The minimum absolute atomic E-state index is 0.104. The fourth-order valence-corrected chi connectivity index (χ4v) is 2.76. The van der Waals surface area contributed by atoms with E-state index in [1.807, 2.05) is 38.1 Å². The lowest BCUT2D eigenvalue weighted by atomic mass is 10.2. The quantitative estimate of drug-likeness (QED) is 0.901. The molecule has 19 heavy (non-hydrogen) atoms. The maximum Gasteiger partial charge on any atom is 0.267 e. The number of hydrogen-bond donors (Lipinski definition) is 2. The van der Waals surface area contributed by atoms with E-state index in [1.54, 1.807) is 0 Å². The number of aromatic nitrogens is 1. The summed E-state index contributed by atoms with van der Waals surface area (Å²) in [7, 11) is 0. The lowest BCUT2D eigenvalue weighted by Gasteiger charge is -2.06. The predicted octanol–water partition coefficient (Wildman–Crippen LogP) is 2.51. The summed E-state index contributed by atoms with van der Waals surface area (Å²) in [5.74, 6) is -0.104. The van der Waals surface area contributed by atoms with Crippen LogP contribution in [0.25, 0.3) is 0 Å². The zero-order valence-corrected chi connectivity index (χ0v) is 11.9. The summed E-state index contributed by atoms with van der Waals surface area (Å²) in [6.07, 6.45) is 0.711. The molecule has 0 aliphatic rings. The van der Waals surface area contributed by atoms with Crippen LogP contribution >= 0.6 is 11.3 Å². The number of nitrogens with two attached hydrogens (primary N) is 1. The van der Waals surface area contributed by atoms with E-state index in [9.17, 15) is 4.79 Å². The van der Waals surface area contributed by atoms with Crippen LogP contribution in [-0.2, 0) is 6.42 Å². The Bertz CT molecular complexity index is 592. The number of carbonyl (C=O) groups is 1. The average Bonchev–Trinajstić information content (AvgIpc) is 2.74. The van der Waals surface area contributed by atoms with Crippen molar-refractivity contribution >= 4 is 22.9 Å². The number of nitrogens with zero attached hydrogens (tertiary/aromatic N) is 1. The van der Waals surface area contributed by atoms with E-state index in [4.69, 9.17) is 5.73 Å². The third-order valence-corrected chi connectivity index (χ3v) is 4.01. The molecule has 0 fully saturated rings. The number of hydrogen-bond acceptors (Lipinski definition) is 4. The van der Waals surface area contributed by atoms with Crippen LogP contribution in [0.3, 0.4) is 0 Å². The second-order valence-electron chi connectivity index (χ2n) is 4.33. The van der Waals surface area contributed by atoms with Crippen molar-refractivity contribution in [3.05, 3.63) is 45.4 Å².